The van der Waals surface area contributed by atoms with Crippen molar-refractivity contribution in [2.24, 2.45) is 0 Å². The summed E-state index contributed by atoms with van der Waals surface area (Å²) >= 11 is 0. The van der Waals surface area contributed by atoms with Crippen molar-refractivity contribution in [1.29, 1.82) is 0 Å². The lowest BCUT2D eigenvalue weighted by molar-refractivity contribution is 0.0945. The molecule has 5 heteroatoms. The Morgan fingerprint density at radius 2 is 1.81 bits per heavy atom. The Labute approximate surface area is 121 Å². The van der Waals surface area contributed by atoms with Crippen molar-refractivity contribution in [2.45, 2.75) is 12.8 Å². The quantitative estimate of drug-likeness (QED) is 0.908. The molecule has 0 spiro atoms. The van der Waals surface area contributed by atoms with Crippen LogP contribution in [0.3, 0.4) is 0 Å². The maximum absolute atomic E-state index is 11.8. The summed E-state index contributed by atoms with van der Waals surface area (Å²) < 4.78 is 5.14. The van der Waals surface area contributed by atoms with Crippen molar-refractivity contribution >= 4 is 12.0 Å². The molecule has 2 aromatic rings. The van der Waals surface area contributed by atoms with Gasteiger partial charge in [-0.25, -0.2) is 4.79 Å². The molecule has 0 fully saturated rings. The molecule has 1 unspecified atom stereocenters. The lowest BCUT2D eigenvalue weighted by Gasteiger charge is -2.14. The zero-order valence-electron chi connectivity index (χ0n) is 11.2. The Kier molecular flexibility index (Phi) is 3.55. The van der Waals surface area contributed by atoms with E-state index in [1.54, 1.807) is 18.2 Å². The number of amides is 2. The first-order valence-corrected chi connectivity index (χ1v) is 6.61. The van der Waals surface area contributed by atoms with Gasteiger partial charge < -0.3 is 10.1 Å². The predicted octanol–water partition coefficient (Wildman–Crippen LogP) is 2.36. The van der Waals surface area contributed by atoms with Crippen molar-refractivity contribution in [1.82, 2.24) is 10.6 Å². The van der Waals surface area contributed by atoms with Gasteiger partial charge in [0, 0.05) is 11.1 Å². The Morgan fingerprint density at radius 3 is 2.62 bits per heavy atom. The topological polar surface area (TPSA) is 67.4 Å². The van der Waals surface area contributed by atoms with Crippen LogP contribution in [0.15, 0.2) is 54.6 Å². The first-order chi connectivity index (χ1) is 10.2. The molecular weight excluding hydrogens is 268 g/mol. The summed E-state index contributed by atoms with van der Waals surface area (Å²) in [5, 5.41) is 5.34. The number of carbonyl (C=O) groups excluding carboxylic acids is 2. The second-order valence-electron chi connectivity index (χ2n) is 4.70. The van der Waals surface area contributed by atoms with Crippen molar-refractivity contribution < 1.29 is 14.3 Å². The number of ether oxygens (including phenoxy) is 1. The number of nitrogens with one attached hydrogen (secondary N) is 2. The summed E-state index contributed by atoms with van der Waals surface area (Å²) in [6.07, 6.45) is -1.11. The van der Waals surface area contributed by atoms with Gasteiger partial charge in [-0.1, -0.05) is 48.5 Å². The van der Waals surface area contributed by atoms with Crippen LogP contribution in [0.1, 0.15) is 27.7 Å². The van der Waals surface area contributed by atoms with Crippen LogP contribution in [0.4, 0.5) is 4.79 Å². The predicted molar refractivity (Wildman–Crippen MR) is 76.4 cm³/mol. The normalized spacial score (nSPS) is 16.0. The van der Waals surface area contributed by atoms with E-state index in [0.29, 0.717) is 5.56 Å². The Bertz CT molecular complexity index is 670. The monoisotopic (exact) mass is 282 g/mol. The molecule has 5 nitrogen and oxygen atoms in total. The molecule has 106 valence electrons. The van der Waals surface area contributed by atoms with E-state index in [0.717, 1.165) is 11.1 Å². The Morgan fingerprint density at radius 1 is 1.10 bits per heavy atom. The van der Waals surface area contributed by atoms with Crippen molar-refractivity contribution in [3.05, 3.63) is 71.3 Å². The summed E-state index contributed by atoms with van der Waals surface area (Å²) in [6.45, 7) is 0.189. The summed E-state index contributed by atoms with van der Waals surface area (Å²) in [5.41, 5.74) is 2.23. The van der Waals surface area contributed by atoms with Crippen LogP contribution in [-0.2, 0) is 11.3 Å². The number of fused-ring (bicyclic) bond motifs is 1. The molecule has 1 heterocycles. The molecule has 1 aliphatic rings. The number of benzene rings is 2. The molecule has 0 aliphatic carbocycles. The number of hydrogen-bond donors (Lipinski definition) is 2. The molecule has 0 radical (unpaired) electrons. The Balaban J connectivity index is 1.60. The fourth-order valence-electron chi connectivity index (χ4n) is 2.24. The number of rotatable bonds is 3. The molecule has 21 heavy (non-hydrogen) atoms. The van der Waals surface area contributed by atoms with E-state index in [1.165, 1.54) is 0 Å². The van der Waals surface area contributed by atoms with Crippen LogP contribution in [0.5, 0.6) is 0 Å². The highest BCUT2D eigenvalue weighted by atomic mass is 16.5. The van der Waals surface area contributed by atoms with Crippen molar-refractivity contribution in [2.75, 3.05) is 0 Å². The van der Waals surface area contributed by atoms with E-state index in [-0.39, 0.29) is 12.5 Å². The SMILES string of the molecule is O=C(NC1NC(=O)c2ccccc21)OCc1ccccc1. The third-order valence-corrected chi connectivity index (χ3v) is 3.27. The maximum Gasteiger partial charge on any atom is 0.409 e. The minimum absolute atomic E-state index is 0.189. The van der Waals surface area contributed by atoms with Gasteiger partial charge >= 0.3 is 6.09 Å². The molecule has 2 N–H and O–H groups in total. The van der Waals surface area contributed by atoms with E-state index >= 15 is 0 Å². The van der Waals surface area contributed by atoms with E-state index in [4.69, 9.17) is 4.74 Å². The van der Waals surface area contributed by atoms with Gasteiger partial charge in [-0.3, -0.25) is 10.1 Å². The average Bonchev–Trinajstić information content (AvgIpc) is 2.83. The van der Waals surface area contributed by atoms with Crippen LogP contribution in [0.2, 0.25) is 0 Å². The van der Waals surface area contributed by atoms with Gasteiger partial charge in [0.1, 0.15) is 12.8 Å². The first kappa shape index (κ1) is 13.2. The van der Waals surface area contributed by atoms with Crippen LogP contribution < -0.4 is 10.6 Å². The van der Waals surface area contributed by atoms with Gasteiger partial charge in [-0.05, 0) is 11.6 Å². The van der Waals surface area contributed by atoms with Gasteiger partial charge in [0.05, 0.1) is 0 Å². The van der Waals surface area contributed by atoms with Crippen LogP contribution in [0.25, 0.3) is 0 Å². The maximum atomic E-state index is 11.8. The van der Waals surface area contributed by atoms with E-state index < -0.39 is 12.3 Å². The number of carbonyl (C=O) groups is 2. The third kappa shape index (κ3) is 2.86. The molecule has 2 aromatic carbocycles. The number of hydrogen-bond acceptors (Lipinski definition) is 3. The lowest BCUT2D eigenvalue weighted by Crippen LogP contribution is -2.36. The molecule has 0 saturated carbocycles. The zero-order valence-corrected chi connectivity index (χ0v) is 11.2. The lowest BCUT2D eigenvalue weighted by atomic mass is 10.1. The molecule has 0 aromatic heterocycles. The largest absolute Gasteiger partial charge is 0.445 e. The van der Waals surface area contributed by atoms with Crippen molar-refractivity contribution in [3.63, 3.8) is 0 Å². The fourth-order valence-corrected chi connectivity index (χ4v) is 2.24. The summed E-state index contributed by atoms with van der Waals surface area (Å²) in [5.74, 6) is -0.195. The molecule has 2 amide bonds. The van der Waals surface area contributed by atoms with Gasteiger partial charge in [-0.2, -0.15) is 0 Å². The molecule has 0 bridgehead atoms. The smallest absolute Gasteiger partial charge is 0.409 e. The highest BCUT2D eigenvalue weighted by Gasteiger charge is 2.29. The van der Waals surface area contributed by atoms with Gasteiger partial charge in [0.25, 0.3) is 5.91 Å². The van der Waals surface area contributed by atoms with Crippen LogP contribution in [0, 0.1) is 0 Å². The van der Waals surface area contributed by atoms with E-state index in [1.807, 2.05) is 36.4 Å². The highest BCUT2D eigenvalue weighted by Crippen LogP contribution is 2.22. The van der Waals surface area contributed by atoms with E-state index in [2.05, 4.69) is 10.6 Å². The summed E-state index contributed by atoms with van der Waals surface area (Å²) in [4.78, 5) is 23.5. The molecule has 1 aliphatic heterocycles. The molecule has 3 rings (SSSR count). The van der Waals surface area contributed by atoms with Crippen LogP contribution in [-0.4, -0.2) is 12.0 Å². The minimum Gasteiger partial charge on any atom is -0.445 e. The molecular formula is C16H14N2O3. The second-order valence-corrected chi connectivity index (χ2v) is 4.70. The highest BCUT2D eigenvalue weighted by molar-refractivity contribution is 5.99. The van der Waals surface area contributed by atoms with Crippen LogP contribution >= 0.6 is 0 Å². The zero-order chi connectivity index (χ0) is 14.7. The standard InChI is InChI=1S/C16H14N2O3/c19-15-13-9-5-4-8-12(13)14(17-15)18-16(20)21-10-11-6-2-1-3-7-11/h1-9,14H,10H2,(H,17,19)(H,18,20). The fraction of sp³-hybridized carbons (Fsp3) is 0.125. The average molecular weight is 282 g/mol. The first-order valence-electron chi connectivity index (χ1n) is 6.61. The van der Waals surface area contributed by atoms with Gasteiger partial charge in [0.2, 0.25) is 0 Å². The third-order valence-electron chi connectivity index (χ3n) is 3.27. The Hall–Kier alpha value is -2.82. The van der Waals surface area contributed by atoms with Crippen molar-refractivity contribution in [3.8, 4) is 0 Å². The van der Waals surface area contributed by atoms with Gasteiger partial charge in [0.15, 0.2) is 0 Å². The van der Waals surface area contributed by atoms with Gasteiger partial charge in [-0.15, -0.1) is 0 Å². The number of alkyl carbamates (subject to hydrolysis) is 1. The molecule has 0 saturated heterocycles. The second kappa shape index (κ2) is 5.66. The summed E-state index contributed by atoms with van der Waals surface area (Å²) in [6, 6.07) is 16.5. The minimum atomic E-state index is -0.569. The molecule has 1 atom stereocenters. The summed E-state index contributed by atoms with van der Waals surface area (Å²) in [7, 11) is 0. The van der Waals surface area contributed by atoms with E-state index in [9.17, 15) is 9.59 Å².